The Kier molecular flexibility index (Phi) is 4.18. The molecule has 2 aromatic rings. The number of nitrogens with one attached hydrogen (secondary N) is 1. The maximum atomic E-state index is 13.0. The molecule has 160 valence electrons. The summed E-state index contributed by atoms with van der Waals surface area (Å²) in [7, 11) is -0.532. The molecule has 0 aromatic carbocycles. The van der Waals surface area contributed by atoms with Gasteiger partial charge in [0.2, 0.25) is 0 Å². The number of hydrogen-bond acceptors (Lipinski definition) is 6. The van der Waals surface area contributed by atoms with Gasteiger partial charge in [-0.2, -0.15) is 5.10 Å². The van der Waals surface area contributed by atoms with Gasteiger partial charge in [0, 0.05) is 23.4 Å². The SMILES string of the molecule is CC1(C)OB(c2cnc3c(C(=O)NC45CCC(O)(CC4)CC5)cnn3c2)OC1(C)C. The lowest BCUT2D eigenvalue weighted by Gasteiger charge is -2.51. The smallest absolute Gasteiger partial charge is 0.399 e. The van der Waals surface area contributed by atoms with E-state index in [0.717, 1.165) is 44.0 Å². The third kappa shape index (κ3) is 3.06. The van der Waals surface area contributed by atoms with Gasteiger partial charge in [0.05, 0.1) is 23.0 Å². The molecular weight excluding hydrogens is 383 g/mol. The van der Waals surface area contributed by atoms with Gasteiger partial charge in [-0.1, -0.05) is 0 Å². The largest absolute Gasteiger partial charge is 0.498 e. The van der Waals surface area contributed by atoms with Crippen LogP contribution in [0.3, 0.4) is 0 Å². The first-order valence-electron chi connectivity index (χ1n) is 10.8. The molecule has 3 aliphatic carbocycles. The minimum Gasteiger partial charge on any atom is -0.399 e. The number of nitrogens with zero attached hydrogens (tertiary/aromatic N) is 3. The van der Waals surface area contributed by atoms with Gasteiger partial charge in [0.15, 0.2) is 5.65 Å². The van der Waals surface area contributed by atoms with E-state index in [1.807, 2.05) is 27.7 Å². The molecule has 0 atom stereocenters. The summed E-state index contributed by atoms with van der Waals surface area (Å²) in [6.07, 6.45) is 9.74. The zero-order valence-corrected chi connectivity index (χ0v) is 18.1. The predicted octanol–water partition coefficient (Wildman–Crippen LogP) is 1.60. The van der Waals surface area contributed by atoms with Gasteiger partial charge < -0.3 is 19.7 Å². The topological polar surface area (TPSA) is 98.0 Å². The summed E-state index contributed by atoms with van der Waals surface area (Å²) in [5.41, 5.74) is 0.0959. The highest BCUT2D eigenvalue weighted by Gasteiger charge is 2.52. The lowest BCUT2D eigenvalue weighted by Crippen LogP contribution is -2.58. The second-order valence-corrected chi connectivity index (χ2v) is 10.3. The van der Waals surface area contributed by atoms with E-state index < -0.39 is 23.9 Å². The van der Waals surface area contributed by atoms with Crippen LogP contribution in [0.1, 0.15) is 76.6 Å². The fourth-order valence-electron chi connectivity index (χ4n) is 4.81. The van der Waals surface area contributed by atoms with Crippen LogP contribution in [0, 0.1) is 0 Å². The Morgan fingerprint density at radius 2 is 1.67 bits per heavy atom. The predicted molar refractivity (Wildman–Crippen MR) is 112 cm³/mol. The highest BCUT2D eigenvalue weighted by atomic mass is 16.7. The Morgan fingerprint density at radius 3 is 2.27 bits per heavy atom. The molecule has 1 saturated heterocycles. The van der Waals surface area contributed by atoms with Gasteiger partial charge in [-0.25, -0.2) is 9.50 Å². The molecule has 1 aliphatic heterocycles. The molecule has 2 N–H and O–H groups in total. The van der Waals surface area contributed by atoms with Crippen LogP contribution in [0.2, 0.25) is 0 Å². The molecule has 4 aliphatic rings. The summed E-state index contributed by atoms with van der Waals surface area (Å²) < 4.78 is 13.8. The Balaban J connectivity index is 1.36. The Morgan fingerprint density at radius 1 is 1.07 bits per heavy atom. The first kappa shape index (κ1) is 20.0. The normalized spacial score (nSPS) is 32.0. The van der Waals surface area contributed by atoms with Gasteiger partial charge in [-0.05, 0) is 66.2 Å². The highest BCUT2D eigenvalue weighted by Crippen LogP contribution is 2.46. The van der Waals surface area contributed by atoms with Crippen LogP contribution in [0.15, 0.2) is 18.6 Å². The third-order valence-corrected chi connectivity index (χ3v) is 7.73. The molecule has 6 rings (SSSR count). The fraction of sp³-hybridized carbons (Fsp3) is 0.667. The second kappa shape index (κ2) is 6.28. The van der Waals surface area contributed by atoms with Crippen molar-refractivity contribution in [1.29, 1.82) is 0 Å². The van der Waals surface area contributed by atoms with Gasteiger partial charge >= 0.3 is 7.12 Å². The van der Waals surface area contributed by atoms with Crippen molar-refractivity contribution in [3.63, 3.8) is 0 Å². The summed E-state index contributed by atoms with van der Waals surface area (Å²) in [6, 6.07) is 0. The van der Waals surface area contributed by atoms with Crippen LogP contribution < -0.4 is 10.8 Å². The highest BCUT2D eigenvalue weighted by molar-refractivity contribution is 6.61. The lowest BCUT2D eigenvalue weighted by molar-refractivity contribution is -0.0702. The number of aromatic nitrogens is 3. The minimum absolute atomic E-state index is 0.159. The summed E-state index contributed by atoms with van der Waals surface area (Å²) in [6.45, 7) is 8.02. The Hall–Kier alpha value is -1.97. The molecule has 4 fully saturated rings. The molecular formula is C21H29BN4O4. The number of rotatable bonds is 3. The standard InChI is InChI=1S/C21H29BN4O4/c1-18(2)19(3,4)30-22(29-18)14-11-23-16-15(12-24-26(16)13-14)17(27)25-20-5-8-21(28,9-6-20)10-7-20/h11-13,28H,5-10H2,1-4H3,(H,25,27). The van der Waals surface area contributed by atoms with Crippen molar-refractivity contribution in [2.75, 3.05) is 0 Å². The van der Waals surface area contributed by atoms with E-state index >= 15 is 0 Å². The monoisotopic (exact) mass is 412 g/mol. The van der Waals surface area contributed by atoms with Crippen LogP contribution in [0.5, 0.6) is 0 Å². The van der Waals surface area contributed by atoms with Crippen LogP contribution in [-0.2, 0) is 9.31 Å². The van der Waals surface area contributed by atoms with Gasteiger partial charge in [0.25, 0.3) is 5.91 Å². The van der Waals surface area contributed by atoms with Gasteiger partial charge in [-0.15, -0.1) is 0 Å². The molecule has 0 radical (unpaired) electrons. The second-order valence-electron chi connectivity index (χ2n) is 10.3. The summed E-state index contributed by atoms with van der Waals surface area (Å²) in [5, 5.41) is 18.0. The van der Waals surface area contributed by atoms with Crippen LogP contribution in [-0.4, -0.2) is 55.1 Å². The molecule has 1 amide bonds. The third-order valence-electron chi connectivity index (χ3n) is 7.73. The maximum absolute atomic E-state index is 13.0. The van der Waals surface area contributed by atoms with Crippen LogP contribution in [0.25, 0.3) is 5.65 Å². The van der Waals surface area contributed by atoms with E-state index in [-0.39, 0.29) is 11.4 Å². The number of amides is 1. The Labute approximate surface area is 176 Å². The fourth-order valence-corrected chi connectivity index (χ4v) is 4.81. The van der Waals surface area contributed by atoms with Gasteiger partial charge in [-0.3, -0.25) is 4.79 Å². The molecule has 2 bridgehead atoms. The average Bonchev–Trinajstić information content (AvgIpc) is 3.20. The number of hydrogen-bond donors (Lipinski definition) is 2. The van der Waals surface area contributed by atoms with Crippen molar-refractivity contribution < 1.29 is 19.2 Å². The van der Waals surface area contributed by atoms with Crippen LogP contribution in [0.4, 0.5) is 0 Å². The minimum atomic E-state index is -0.532. The van der Waals surface area contributed by atoms with Crippen molar-refractivity contribution in [2.24, 2.45) is 0 Å². The van der Waals surface area contributed by atoms with Crippen LogP contribution >= 0.6 is 0 Å². The molecule has 8 nitrogen and oxygen atoms in total. The summed E-state index contributed by atoms with van der Waals surface area (Å²) in [5.74, 6) is -0.159. The quantitative estimate of drug-likeness (QED) is 0.744. The molecule has 2 aromatic heterocycles. The Bertz CT molecular complexity index is 977. The molecule has 3 saturated carbocycles. The molecule has 0 spiro atoms. The van der Waals surface area contributed by atoms with E-state index in [2.05, 4.69) is 15.4 Å². The number of carbonyl (C=O) groups excluding carboxylic acids is 1. The molecule has 30 heavy (non-hydrogen) atoms. The van der Waals surface area contributed by atoms with E-state index in [1.54, 1.807) is 23.1 Å². The van der Waals surface area contributed by atoms with Gasteiger partial charge in [0.1, 0.15) is 5.56 Å². The van der Waals surface area contributed by atoms with E-state index in [1.165, 1.54) is 0 Å². The number of fused-ring (bicyclic) bond motifs is 4. The van der Waals surface area contributed by atoms with Crippen molar-refractivity contribution in [1.82, 2.24) is 19.9 Å². The van der Waals surface area contributed by atoms with Crippen molar-refractivity contribution in [3.8, 4) is 0 Å². The maximum Gasteiger partial charge on any atom is 0.498 e. The lowest BCUT2D eigenvalue weighted by atomic mass is 9.63. The molecule has 0 unspecified atom stereocenters. The van der Waals surface area contributed by atoms with E-state index in [0.29, 0.717) is 11.2 Å². The zero-order chi connectivity index (χ0) is 21.4. The summed E-state index contributed by atoms with van der Waals surface area (Å²) in [4.78, 5) is 17.5. The summed E-state index contributed by atoms with van der Waals surface area (Å²) >= 11 is 0. The van der Waals surface area contributed by atoms with Crippen molar-refractivity contribution in [2.45, 2.75) is 88.6 Å². The average molecular weight is 412 g/mol. The van der Waals surface area contributed by atoms with Crippen molar-refractivity contribution in [3.05, 3.63) is 24.2 Å². The van der Waals surface area contributed by atoms with Crippen molar-refractivity contribution >= 4 is 24.1 Å². The first-order valence-corrected chi connectivity index (χ1v) is 10.8. The van der Waals surface area contributed by atoms with E-state index in [4.69, 9.17) is 9.31 Å². The van der Waals surface area contributed by atoms with E-state index in [9.17, 15) is 9.90 Å². The zero-order valence-electron chi connectivity index (χ0n) is 18.1. The first-order chi connectivity index (χ1) is 14.0. The molecule has 9 heteroatoms. The number of carbonyl (C=O) groups is 1. The number of aliphatic hydroxyl groups is 1. The molecule has 3 heterocycles.